The molecule has 0 radical (unpaired) electrons. The SMILES string of the molecule is CC(C)(C)OC(=O)NCCC(O)C(O)c1ccc([N+](=O)[O-])c(CO)c1. The number of benzene rings is 1. The molecule has 2 atom stereocenters. The Morgan fingerprint density at radius 2 is 2.00 bits per heavy atom. The lowest BCUT2D eigenvalue weighted by molar-refractivity contribution is -0.385. The highest BCUT2D eigenvalue weighted by molar-refractivity contribution is 5.67. The monoisotopic (exact) mass is 356 g/mol. The van der Waals surface area contributed by atoms with Crippen LogP contribution in [0.1, 0.15) is 44.4 Å². The summed E-state index contributed by atoms with van der Waals surface area (Å²) in [7, 11) is 0. The maximum Gasteiger partial charge on any atom is 0.407 e. The molecule has 0 aliphatic rings. The lowest BCUT2D eigenvalue weighted by atomic mass is 9.99. The zero-order chi connectivity index (χ0) is 19.2. The number of rotatable bonds is 7. The van der Waals surface area contributed by atoms with Crippen molar-refractivity contribution in [2.75, 3.05) is 6.54 Å². The summed E-state index contributed by atoms with van der Waals surface area (Å²) in [5.74, 6) is 0. The first kappa shape index (κ1) is 20.8. The number of carbonyl (C=O) groups is 1. The number of nitrogens with one attached hydrogen (secondary N) is 1. The maximum absolute atomic E-state index is 11.5. The van der Waals surface area contributed by atoms with Gasteiger partial charge < -0.3 is 25.4 Å². The van der Waals surface area contributed by atoms with E-state index >= 15 is 0 Å². The van der Waals surface area contributed by atoms with Gasteiger partial charge in [-0.1, -0.05) is 0 Å². The highest BCUT2D eigenvalue weighted by Gasteiger charge is 2.22. The van der Waals surface area contributed by atoms with E-state index in [-0.39, 0.29) is 29.8 Å². The van der Waals surface area contributed by atoms with Crippen molar-refractivity contribution >= 4 is 11.8 Å². The van der Waals surface area contributed by atoms with Crippen molar-refractivity contribution < 1.29 is 29.8 Å². The summed E-state index contributed by atoms with van der Waals surface area (Å²) in [4.78, 5) is 21.7. The van der Waals surface area contributed by atoms with Crippen molar-refractivity contribution in [3.8, 4) is 0 Å². The number of aliphatic hydroxyl groups excluding tert-OH is 3. The fraction of sp³-hybridized carbons (Fsp3) is 0.562. The van der Waals surface area contributed by atoms with Gasteiger partial charge in [0.05, 0.1) is 23.2 Å². The molecule has 0 bridgehead atoms. The molecular weight excluding hydrogens is 332 g/mol. The first-order valence-electron chi connectivity index (χ1n) is 7.76. The minimum absolute atomic E-state index is 0.0422. The van der Waals surface area contributed by atoms with Crippen molar-refractivity contribution in [2.24, 2.45) is 0 Å². The number of alkyl carbamates (subject to hydrolysis) is 1. The third kappa shape index (κ3) is 6.65. The van der Waals surface area contributed by atoms with Gasteiger partial charge in [0, 0.05) is 12.6 Å². The molecular formula is C16H24N2O7. The topological polar surface area (TPSA) is 142 Å². The molecule has 0 fully saturated rings. The number of ether oxygens (including phenoxy) is 1. The Bertz CT molecular complexity index is 613. The van der Waals surface area contributed by atoms with Crippen LogP contribution in [-0.4, -0.2) is 44.6 Å². The van der Waals surface area contributed by atoms with Gasteiger partial charge in [0.15, 0.2) is 0 Å². The van der Waals surface area contributed by atoms with E-state index in [9.17, 15) is 30.2 Å². The van der Waals surface area contributed by atoms with Crippen LogP contribution in [-0.2, 0) is 11.3 Å². The molecule has 9 heteroatoms. The highest BCUT2D eigenvalue weighted by atomic mass is 16.6. The van der Waals surface area contributed by atoms with Crippen molar-refractivity contribution in [3.63, 3.8) is 0 Å². The Balaban J connectivity index is 2.63. The second kappa shape index (κ2) is 8.75. The number of amides is 1. The molecule has 4 N–H and O–H groups in total. The molecule has 0 saturated heterocycles. The van der Waals surface area contributed by atoms with Gasteiger partial charge in [-0.2, -0.15) is 0 Å². The summed E-state index contributed by atoms with van der Waals surface area (Å²) in [6.45, 7) is 4.68. The normalized spacial score (nSPS) is 13.8. The van der Waals surface area contributed by atoms with Crippen molar-refractivity contribution in [3.05, 3.63) is 39.4 Å². The van der Waals surface area contributed by atoms with Crippen molar-refractivity contribution in [1.82, 2.24) is 5.32 Å². The number of nitrogens with zero attached hydrogens (tertiary/aromatic N) is 1. The van der Waals surface area contributed by atoms with E-state index in [0.29, 0.717) is 0 Å². The molecule has 0 aliphatic carbocycles. The van der Waals surface area contributed by atoms with Gasteiger partial charge in [-0.15, -0.1) is 0 Å². The molecule has 1 aromatic carbocycles. The summed E-state index contributed by atoms with van der Waals surface area (Å²) in [6.07, 6.45) is -3.10. The first-order valence-corrected chi connectivity index (χ1v) is 7.76. The van der Waals surface area contributed by atoms with E-state index in [1.165, 1.54) is 12.1 Å². The minimum Gasteiger partial charge on any atom is -0.444 e. The van der Waals surface area contributed by atoms with Gasteiger partial charge in [0.25, 0.3) is 5.69 Å². The van der Waals surface area contributed by atoms with Crippen LogP contribution in [0.4, 0.5) is 10.5 Å². The smallest absolute Gasteiger partial charge is 0.407 e. The van der Waals surface area contributed by atoms with E-state index in [4.69, 9.17) is 4.74 Å². The second-order valence-corrected chi connectivity index (χ2v) is 6.53. The van der Waals surface area contributed by atoms with Crippen molar-refractivity contribution in [1.29, 1.82) is 0 Å². The van der Waals surface area contributed by atoms with E-state index in [2.05, 4.69) is 5.32 Å². The van der Waals surface area contributed by atoms with E-state index in [1.807, 2.05) is 0 Å². The van der Waals surface area contributed by atoms with Crippen LogP contribution in [0.15, 0.2) is 18.2 Å². The zero-order valence-corrected chi connectivity index (χ0v) is 14.4. The number of carbonyl (C=O) groups excluding carboxylic acids is 1. The molecule has 9 nitrogen and oxygen atoms in total. The van der Waals surface area contributed by atoms with Crippen LogP contribution < -0.4 is 5.32 Å². The number of hydrogen-bond donors (Lipinski definition) is 4. The summed E-state index contributed by atoms with van der Waals surface area (Å²) in [5.41, 5.74) is -0.624. The van der Waals surface area contributed by atoms with Crippen LogP contribution >= 0.6 is 0 Å². The van der Waals surface area contributed by atoms with E-state index in [0.717, 1.165) is 6.07 Å². The third-order valence-electron chi connectivity index (χ3n) is 3.28. The van der Waals surface area contributed by atoms with Gasteiger partial charge in [-0.05, 0) is 44.9 Å². The lowest BCUT2D eigenvalue weighted by Gasteiger charge is -2.21. The van der Waals surface area contributed by atoms with Gasteiger partial charge in [0.1, 0.15) is 11.7 Å². The molecule has 0 heterocycles. The largest absolute Gasteiger partial charge is 0.444 e. The molecule has 1 aromatic rings. The summed E-state index contributed by atoms with van der Waals surface area (Å²) < 4.78 is 5.04. The Hall–Kier alpha value is -2.23. The number of aliphatic hydroxyl groups is 3. The Kier molecular flexibility index (Phi) is 7.28. The molecule has 0 aromatic heterocycles. The molecule has 0 aliphatic heterocycles. The Labute approximate surface area is 145 Å². The number of nitro benzene ring substituents is 1. The van der Waals surface area contributed by atoms with Crippen LogP contribution in [0.3, 0.4) is 0 Å². The minimum atomic E-state index is -1.31. The zero-order valence-electron chi connectivity index (χ0n) is 14.4. The van der Waals surface area contributed by atoms with Crippen molar-refractivity contribution in [2.45, 2.75) is 51.6 Å². The fourth-order valence-corrected chi connectivity index (χ4v) is 2.11. The lowest BCUT2D eigenvalue weighted by Crippen LogP contribution is -2.34. The first-order chi connectivity index (χ1) is 11.5. The second-order valence-electron chi connectivity index (χ2n) is 6.53. The molecule has 2 unspecified atom stereocenters. The Morgan fingerprint density at radius 1 is 1.36 bits per heavy atom. The molecule has 0 spiro atoms. The average Bonchev–Trinajstić information content (AvgIpc) is 2.51. The third-order valence-corrected chi connectivity index (χ3v) is 3.28. The summed E-state index contributed by atoms with van der Waals surface area (Å²) in [5, 5.41) is 42.7. The van der Waals surface area contributed by atoms with Gasteiger partial charge in [0.2, 0.25) is 0 Å². The van der Waals surface area contributed by atoms with Gasteiger partial charge in [-0.3, -0.25) is 10.1 Å². The summed E-state index contributed by atoms with van der Waals surface area (Å²) in [6, 6.07) is 3.75. The van der Waals surface area contributed by atoms with Gasteiger partial charge in [-0.25, -0.2) is 4.79 Å². The molecule has 25 heavy (non-hydrogen) atoms. The quantitative estimate of drug-likeness (QED) is 0.427. The number of nitro groups is 1. The molecule has 140 valence electrons. The van der Waals surface area contributed by atoms with Crippen LogP contribution in [0.2, 0.25) is 0 Å². The average molecular weight is 356 g/mol. The summed E-state index contributed by atoms with van der Waals surface area (Å²) >= 11 is 0. The van der Waals surface area contributed by atoms with E-state index in [1.54, 1.807) is 20.8 Å². The van der Waals surface area contributed by atoms with Crippen LogP contribution in [0.25, 0.3) is 0 Å². The van der Waals surface area contributed by atoms with Crippen LogP contribution in [0, 0.1) is 10.1 Å². The Morgan fingerprint density at radius 3 is 2.52 bits per heavy atom. The highest BCUT2D eigenvalue weighted by Crippen LogP contribution is 2.26. The molecule has 1 amide bonds. The predicted molar refractivity (Wildman–Crippen MR) is 88.8 cm³/mol. The van der Waals surface area contributed by atoms with Gasteiger partial charge >= 0.3 is 6.09 Å². The van der Waals surface area contributed by atoms with E-state index < -0.39 is 35.4 Å². The standard InChI is InChI=1S/C16H24N2O7/c1-16(2,3)25-15(22)17-7-6-13(20)14(21)10-4-5-12(18(23)24)11(8-10)9-19/h4-5,8,13-14,19-21H,6-7,9H2,1-3H3,(H,17,22). The maximum atomic E-state index is 11.5. The van der Waals surface area contributed by atoms with Crippen LogP contribution in [0.5, 0.6) is 0 Å². The fourth-order valence-electron chi connectivity index (χ4n) is 2.11. The molecule has 1 rings (SSSR count). The molecule has 0 saturated carbocycles. The number of hydrogen-bond acceptors (Lipinski definition) is 7. The predicted octanol–water partition coefficient (Wildman–Crippen LogP) is 1.40.